The van der Waals surface area contributed by atoms with E-state index < -0.39 is 0 Å². The van der Waals surface area contributed by atoms with Gasteiger partial charge in [0.2, 0.25) is 0 Å². The summed E-state index contributed by atoms with van der Waals surface area (Å²) in [4.78, 5) is 27.7. The van der Waals surface area contributed by atoms with Crippen LogP contribution in [0.2, 0.25) is 0 Å². The van der Waals surface area contributed by atoms with E-state index in [0.29, 0.717) is 16.9 Å². The molecule has 2 amide bonds. The highest BCUT2D eigenvalue weighted by molar-refractivity contribution is 6.36. The molecular weight excluding hydrogens is 364 g/mol. The van der Waals surface area contributed by atoms with Crippen LogP contribution in [0.4, 0.5) is 5.69 Å². The van der Waals surface area contributed by atoms with Crippen LogP contribution in [0.25, 0.3) is 5.57 Å². The molecule has 5 nitrogen and oxygen atoms in total. The first-order valence-electron chi connectivity index (χ1n) is 9.48. The van der Waals surface area contributed by atoms with Gasteiger partial charge in [0.05, 0.1) is 18.4 Å². The second kappa shape index (κ2) is 7.43. The number of hydrogen-bond donors (Lipinski definition) is 1. The third-order valence-electron chi connectivity index (χ3n) is 5.04. The summed E-state index contributed by atoms with van der Waals surface area (Å²) < 4.78 is 5.35. The molecule has 0 aliphatic carbocycles. The van der Waals surface area contributed by atoms with Crippen molar-refractivity contribution in [3.63, 3.8) is 0 Å². The summed E-state index contributed by atoms with van der Waals surface area (Å²) in [5.41, 5.74) is 5.40. The van der Waals surface area contributed by atoms with E-state index in [1.807, 2.05) is 63.2 Å². The highest BCUT2D eigenvalue weighted by Crippen LogP contribution is 2.32. The lowest BCUT2D eigenvalue weighted by atomic mass is 10.0. The fourth-order valence-corrected chi connectivity index (χ4v) is 3.47. The molecule has 0 radical (unpaired) electrons. The van der Waals surface area contributed by atoms with Crippen molar-refractivity contribution in [1.29, 1.82) is 0 Å². The number of imide groups is 1. The molecule has 146 valence electrons. The van der Waals surface area contributed by atoms with E-state index in [1.54, 1.807) is 12.1 Å². The molecule has 3 aromatic rings. The van der Waals surface area contributed by atoms with Gasteiger partial charge in [-0.3, -0.25) is 14.5 Å². The van der Waals surface area contributed by atoms with Gasteiger partial charge in [0.15, 0.2) is 0 Å². The highest BCUT2D eigenvalue weighted by atomic mass is 16.3. The lowest BCUT2D eigenvalue weighted by molar-refractivity contribution is -0.137. The molecule has 0 atom stereocenters. The summed E-state index contributed by atoms with van der Waals surface area (Å²) in [5.74, 6) is -0.132. The van der Waals surface area contributed by atoms with Gasteiger partial charge < -0.3 is 9.73 Å². The molecule has 1 aromatic heterocycles. The summed E-state index contributed by atoms with van der Waals surface area (Å²) in [7, 11) is 0. The first-order chi connectivity index (χ1) is 13.9. The quantitative estimate of drug-likeness (QED) is 0.651. The number of aryl methyl sites for hydroxylation is 3. The summed E-state index contributed by atoms with van der Waals surface area (Å²) in [6, 6.07) is 17.0. The predicted octanol–water partition coefficient (Wildman–Crippen LogP) is 4.60. The van der Waals surface area contributed by atoms with Gasteiger partial charge in [0, 0.05) is 5.69 Å². The smallest absolute Gasteiger partial charge is 0.278 e. The summed E-state index contributed by atoms with van der Waals surface area (Å²) >= 11 is 0. The Bertz CT molecular complexity index is 1110. The molecule has 4 rings (SSSR count). The lowest BCUT2D eigenvalue weighted by Crippen LogP contribution is -2.31. The maximum atomic E-state index is 13.2. The fourth-order valence-electron chi connectivity index (χ4n) is 3.47. The van der Waals surface area contributed by atoms with Gasteiger partial charge >= 0.3 is 0 Å². The maximum absolute atomic E-state index is 13.2. The molecule has 1 N–H and O–H groups in total. The predicted molar refractivity (Wildman–Crippen MR) is 112 cm³/mol. The van der Waals surface area contributed by atoms with Gasteiger partial charge in [0.1, 0.15) is 11.5 Å². The number of benzene rings is 2. The van der Waals surface area contributed by atoms with E-state index >= 15 is 0 Å². The Morgan fingerprint density at radius 3 is 2.28 bits per heavy atom. The first-order valence-corrected chi connectivity index (χ1v) is 9.48. The molecule has 0 fully saturated rings. The van der Waals surface area contributed by atoms with Crippen molar-refractivity contribution in [2.75, 3.05) is 5.32 Å². The van der Waals surface area contributed by atoms with Gasteiger partial charge in [-0.1, -0.05) is 47.5 Å². The lowest BCUT2D eigenvalue weighted by Gasteiger charge is -2.14. The van der Waals surface area contributed by atoms with Crippen molar-refractivity contribution < 1.29 is 14.0 Å². The van der Waals surface area contributed by atoms with Crippen LogP contribution < -0.4 is 5.32 Å². The molecule has 2 aromatic carbocycles. The molecule has 0 unspecified atom stereocenters. The number of nitrogens with one attached hydrogen (secondary N) is 1. The zero-order valence-electron chi connectivity index (χ0n) is 16.7. The van der Waals surface area contributed by atoms with Gasteiger partial charge in [-0.25, -0.2) is 0 Å². The van der Waals surface area contributed by atoms with Crippen molar-refractivity contribution in [2.45, 2.75) is 27.3 Å². The van der Waals surface area contributed by atoms with Crippen molar-refractivity contribution in [3.8, 4) is 0 Å². The number of rotatable bonds is 5. The monoisotopic (exact) mass is 386 g/mol. The molecule has 29 heavy (non-hydrogen) atoms. The second-order valence-electron chi connectivity index (χ2n) is 7.34. The van der Waals surface area contributed by atoms with Gasteiger partial charge in [-0.05, 0) is 50.1 Å². The van der Waals surface area contributed by atoms with Crippen molar-refractivity contribution in [1.82, 2.24) is 4.90 Å². The van der Waals surface area contributed by atoms with Crippen LogP contribution >= 0.6 is 0 Å². The Hall–Kier alpha value is -3.60. The number of carbonyl (C=O) groups is 2. The number of anilines is 1. The Kier molecular flexibility index (Phi) is 4.80. The minimum Gasteiger partial charge on any atom is -0.467 e. The van der Waals surface area contributed by atoms with E-state index in [2.05, 4.69) is 5.32 Å². The van der Waals surface area contributed by atoms with Crippen LogP contribution in [-0.2, 0) is 16.1 Å². The zero-order chi connectivity index (χ0) is 20.5. The maximum Gasteiger partial charge on any atom is 0.278 e. The molecule has 1 aliphatic rings. The van der Waals surface area contributed by atoms with Crippen molar-refractivity contribution >= 4 is 23.1 Å². The molecule has 5 heteroatoms. The number of furan rings is 1. The van der Waals surface area contributed by atoms with Crippen LogP contribution in [0, 0.1) is 20.8 Å². The number of nitrogens with zero attached hydrogens (tertiary/aromatic N) is 1. The zero-order valence-corrected chi connectivity index (χ0v) is 16.7. The fraction of sp³-hybridized carbons (Fsp3) is 0.167. The van der Waals surface area contributed by atoms with Crippen molar-refractivity contribution in [2.24, 2.45) is 0 Å². The number of carbonyl (C=O) groups excluding carboxylic acids is 2. The molecular formula is C24H22N2O3. The molecule has 0 saturated carbocycles. The van der Waals surface area contributed by atoms with E-state index in [0.717, 1.165) is 22.4 Å². The number of amides is 2. The Balaban J connectivity index is 1.77. The second-order valence-corrected chi connectivity index (χ2v) is 7.34. The Morgan fingerprint density at radius 1 is 0.897 bits per heavy atom. The largest absolute Gasteiger partial charge is 0.467 e. The van der Waals surface area contributed by atoms with Crippen LogP contribution in [0.15, 0.2) is 71.0 Å². The molecule has 1 aliphatic heterocycles. The van der Waals surface area contributed by atoms with E-state index in [1.165, 1.54) is 11.2 Å². The first kappa shape index (κ1) is 18.7. The molecule has 0 saturated heterocycles. The highest BCUT2D eigenvalue weighted by Gasteiger charge is 2.39. The molecule has 0 spiro atoms. The average Bonchev–Trinajstić information content (AvgIpc) is 3.28. The standard InChI is InChI=1S/C24H22N2O3/c1-15-6-9-18(10-7-15)21-22(25-20-11-8-16(2)13-17(20)3)24(28)26(23(21)27)14-19-5-4-12-29-19/h4-13,25H,14H2,1-3H3. The van der Waals surface area contributed by atoms with Crippen LogP contribution in [0.3, 0.4) is 0 Å². The summed E-state index contributed by atoms with van der Waals surface area (Å²) in [6.07, 6.45) is 1.53. The van der Waals surface area contributed by atoms with Gasteiger partial charge in [0.25, 0.3) is 11.8 Å². The third kappa shape index (κ3) is 3.59. The minimum absolute atomic E-state index is 0.0953. The SMILES string of the molecule is Cc1ccc(C2=C(Nc3ccc(C)cc3C)C(=O)N(Cc3ccco3)C2=O)cc1. The summed E-state index contributed by atoms with van der Waals surface area (Å²) in [5, 5.41) is 3.23. The normalized spacial score (nSPS) is 14.1. The van der Waals surface area contributed by atoms with Crippen LogP contribution in [0.1, 0.15) is 28.0 Å². The Morgan fingerprint density at radius 2 is 1.62 bits per heavy atom. The third-order valence-corrected chi connectivity index (χ3v) is 5.04. The summed E-state index contributed by atoms with van der Waals surface area (Å²) in [6.45, 7) is 6.07. The van der Waals surface area contributed by atoms with Crippen molar-refractivity contribution in [3.05, 3.63) is 94.6 Å². The molecule has 0 bridgehead atoms. The molecule has 2 heterocycles. The van der Waals surface area contributed by atoms with Gasteiger partial charge in [-0.15, -0.1) is 0 Å². The minimum atomic E-state index is -0.359. The number of hydrogen-bond acceptors (Lipinski definition) is 4. The van der Waals surface area contributed by atoms with Crippen LogP contribution in [-0.4, -0.2) is 16.7 Å². The van der Waals surface area contributed by atoms with Crippen LogP contribution in [0.5, 0.6) is 0 Å². The average molecular weight is 386 g/mol. The topological polar surface area (TPSA) is 62.6 Å². The van der Waals surface area contributed by atoms with E-state index in [4.69, 9.17) is 4.42 Å². The van der Waals surface area contributed by atoms with E-state index in [-0.39, 0.29) is 24.1 Å². The van der Waals surface area contributed by atoms with Gasteiger partial charge in [-0.2, -0.15) is 0 Å². The van der Waals surface area contributed by atoms with E-state index in [9.17, 15) is 9.59 Å². The Labute approximate surface area is 169 Å².